The molecule has 1 fully saturated rings. The Morgan fingerprint density at radius 2 is 1.79 bits per heavy atom. The minimum atomic E-state index is -4.33. The summed E-state index contributed by atoms with van der Waals surface area (Å²) in [5.41, 5.74) is -0.106. The van der Waals surface area contributed by atoms with E-state index >= 15 is 0 Å². The van der Waals surface area contributed by atoms with Crippen LogP contribution in [0.4, 0.5) is 18.9 Å². The van der Waals surface area contributed by atoms with Gasteiger partial charge < -0.3 is 20.3 Å². The number of unbranched alkanes of at least 4 members (excludes halogenated alkanes) is 1. The number of rotatable bonds is 8. The first kappa shape index (κ1) is 22.9. The van der Waals surface area contributed by atoms with E-state index in [9.17, 15) is 13.2 Å². The van der Waals surface area contributed by atoms with E-state index in [0.717, 1.165) is 63.8 Å². The first-order valence-electron chi connectivity index (χ1n) is 9.78. The molecule has 0 spiro atoms. The highest BCUT2D eigenvalue weighted by molar-refractivity contribution is 7.80. The zero-order valence-electron chi connectivity index (χ0n) is 16.5. The fraction of sp³-hybridized carbons (Fsp3) is 0.650. The number of benzene rings is 1. The molecule has 2 N–H and O–H groups in total. The van der Waals surface area contributed by atoms with Gasteiger partial charge in [-0.05, 0) is 88.6 Å². The Hall–Kier alpha value is -1.38. The van der Waals surface area contributed by atoms with Crippen LogP contribution in [-0.2, 0) is 10.9 Å². The fourth-order valence-corrected chi connectivity index (χ4v) is 3.64. The van der Waals surface area contributed by atoms with Gasteiger partial charge in [-0.15, -0.1) is 0 Å². The highest BCUT2D eigenvalue weighted by Gasteiger charge is 2.30. The number of hydrogen-bond donors (Lipinski definition) is 2. The Labute approximate surface area is 170 Å². The Bertz CT molecular complexity index is 602. The molecule has 0 aliphatic heterocycles. The second-order valence-corrected chi connectivity index (χ2v) is 7.61. The number of nitrogens with zero attached hydrogens (tertiary/aromatic N) is 1. The van der Waals surface area contributed by atoms with Crippen LogP contribution in [0.3, 0.4) is 0 Å². The van der Waals surface area contributed by atoms with Crippen molar-refractivity contribution in [3.05, 3.63) is 29.8 Å². The van der Waals surface area contributed by atoms with Gasteiger partial charge in [0.05, 0.1) is 11.7 Å². The predicted molar refractivity (Wildman–Crippen MR) is 111 cm³/mol. The summed E-state index contributed by atoms with van der Waals surface area (Å²) in [6, 6.07) is 5.25. The fourth-order valence-electron chi connectivity index (χ4n) is 3.37. The molecule has 1 aliphatic carbocycles. The van der Waals surface area contributed by atoms with Crippen LogP contribution in [0.2, 0.25) is 0 Å². The zero-order valence-corrected chi connectivity index (χ0v) is 17.3. The molecule has 2 rings (SSSR count). The lowest BCUT2D eigenvalue weighted by Gasteiger charge is -2.36. The monoisotopic (exact) mass is 417 g/mol. The molecule has 1 aromatic carbocycles. The molecule has 0 atom stereocenters. The minimum absolute atomic E-state index is 0.315. The standard InChI is InChI=1S/C20H30F3N3OS/c1-24-13-3-4-14-27-18-11-9-17(10-12-18)26(2)19(28)25-16-7-5-15(6-8-16)20(21,22)23/h5-8,17-18,24H,3-4,9-14H2,1-2H3,(H,25,28)/t17-,18-. The zero-order chi connectivity index (χ0) is 20.6. The van der Waals surface area contributed by atoms with Gasteiger partial charge in [0.1, 0.15) is 0 Å². The van der Waals surface area contributed by atoms with E-state index in [2.05, 4.69) is 10.6 Å². The van der Waals surface area contributed by atoms with Crippen LogP contribution in [0, 0.1) is 0 Å². The Kier molecular flexibility index (Phi) is 8.98. The highest BCUT2D eigenvalue weighted by Crippen LogP contribution is 2.30. The van der Waals surface area contributed by atoms with E-state index in [0.29, 0.717) is 22.9 Å². The topological polar surface area (TPSA) is 36.5 Å². The number of anilines is 1. The van der Waals surface area contributed by atoms with Crippen LogP contribution in [0.1, 0.15) is 44.1 Å². The summed E-state index contributed by atoms with van der Waals surface area (Å²) in [5.74, 6) is 0. The third kappa shape index (κ3) is 7.22. The van der Waals surface area contributed by atoms with Crippen molar-refractivity contribution >= 4 is 23.0 Å². The molecule has 1 saturated carbocycles. The molecular formula is C20H30F3N3OS. The van der Waals surface area contributed by atoms with Crippen molar-refractivity contribution in [2.45, 2.75) is 56.8 Å². The largest absolute Gasteiger partial charge is 0.416 e. The van der Waals surface area contributed by atoms with Crippen molar-refractivity contribution in [1.82, 2.24) is 10.2 Å². The molecule has 8 heteroatoms. The van der Waals surface area contributed by atoms with Crippen molar-refractivity contribution in [3.63, 3.8) is 0 Å². The lowest BCUT2D eigenvalue weighted by Crippen LogP contribution is -2.42. The number of nitrogens with one attached hydrogen (secondary N) is 2. The maximum Gasteiger partial charge on any atom is 0.416 e. The van der Waals surface area contributed by atoms with Gasteiger partial charge in [-0.1, -0.05) is 0 Å². The summed E-state index contributed by atoms with van der Waals surface area (Å²) in [7, 11) is 3.89. The predicted octanol–water partition coefficient (Wildman–Crippen LogP) is 4.66. The number of thiocarbonyl (C=S) groups is 1. The average Bonchev–Trinajstić information content (AvgIpc) is 2.67. The van der Waals surface area contributed by atoms with Gasteiger partial charge in [0, 0.05) is 25.4 Å². The Balaban J connectivity index is 1.73. The third-order valence-electron chi connectivity index (χ3n) is 5.15. The van der Waals surface area contributed by atoms with Crippen LogP contribution in [0.15, 0.2) is 24.3 Å². The SMILES string of the molecule is CNCCCCO[C@H]1CC[C@H](N(C)C(=S)Nc2ccc(C(F)(F)F)cc2)CC1. The van der Waals surface area contributed by atoms with Crippen molar-refractivity contribution in [3.8, 4) is 0 Å². The van der Waals surface area contributed by atoms with Gasteiger partial charge in [0.15, 0.2) is 5.11 Å². The number of hydrogen-bond acceptors (Lipinski definition) is 3. The average molecular weight is 418 g/mol. The molecule has 0 saturated heterocycles. The summed E-state index contributed by atoms with van der Waals surface area (Å²) >= 11 is 5.44. The van der Waals surface area contributed by atoms with Crippen LogP contribution in [0.25, 0.3) is 0 Å². The number of alkyl halides is 3. The number of ether oxygens (including phenoxy) is 1. The van der Waals surface area contributed by atoms with Crippen LogP contribution in [-0.4, -0.2) is 49.4 Å². The maximum absolute atomic E-state index is 12.6. The van der Waals surface area contributed by atoms with Crippen LogP contribution in [0.5, 0.6) is 0 Å². The van der Waals surface area contributed by atoms with Gasteiger partial charge in [-0.2, -0.15) is 13.2 Å². The van der Waals surface area contributed by atoms with Gasteiger partial charge in [0.2, 0.25) is 0 Å². The normalized spacial score (nSPS) is 20.0. The first-order valence-corrected chi connectivity index (χ1v) is 10.2. The summed E-state index contributed by atoms with van der Waals surface area (Å²) < 4.78 is 43.9. The molecule has 0 unspecified atom stereocenters. The van der Waals surface area contributed by atoms with E-state index in [1.807, 2.05) is 19.0 Å². The Morgan fingerprint density at radius 1 is 1.14 bits per heavy atom. The van der Waals surface area contributed by atoms with E-state index < -0.39 is 11.7 Å². The van der Waals surface area contributed by atoms with Gasteiger partial charge >= 0.3 is 6.18 Å². The lowest BCUT2D eigenvalue weighted by atomic mass is 9.92. The Morgan fingerprint density at radius 3 is 2.36 bits per heavy atom. The van der Waals surface area contributed by atoms with E-state index in [-0.39, 0.29) is 0 Å². The molecular weight excluding hydrogens is 387 g/mol. The molecule has 28 heavy (non-hydrogen) atoms. The first-order chi connectivity index (χ1) is 13.3. The maximum atomic E-state index is 12.6. The smallest absolute Gasteiger partial charge is 0.378 e. The molecule has 0 bridgehead atoms. The molecule has 4 nitrogen and oxygen atoms in total. The van der Waals surface area contributed by atoms with Gasteiger partial charge in [-0.3, -0.25) is 0 Å². The van der Waals surface area contributed by atoms with Crippen molar-refractivity contribution in [1.29, 1.82) is 0 Å². The highest BCUT2D eigenvalue weighted by atomic mass is 32.1. The van der Waals surface area contributed by atoms with Crippen molar-refractivity contribution in [2.75, 3.05) is 32.6 Å². The second kappa shape index (κ2) is 11.0. The quantitative estimate of drug-likeness (QED) is 0.475. The lowest BCUT2D eigenvalue weighted by molar-refractivity contribution is -0.137. The molecule has 158 valence electrons. The van der Waals surface area contributed by atoms with E-state index in [4.69, 9.17) is 17.0 Å². The van der Waals surface area contributed by atoms with E-state index in [1.165, 1.54) is 12.1 Å². The molecule has 1 aliphatic rings. The molecule has 0 heterocycles. The van der Waals surface area contributed by atoms with Crippen LogP contribution < -0.4 is 10.6 Å². The minimum Gasteiger partial charge on any atom is -0.378 e. The second-order valence-electron chi connectivity index (χ2n) is 7.23. The van der Waals surface area contributed by atoms with E-state index in [1.54, 1.807) is 0 Å². The summed E-state index contributed by atoms with van der Waals surface area (Å²) in [4.78, 5) is 2.01. The summed E-state index contributed by atoms with van der Waals surface area (Å²) in [5, 5.41) is 6.69. The molecule has 0 amide bonds. The van der Waals surface area contributed by atoms with Crippen LogP contribution >= 0.6 is 12.2 Å². The summed E-state index contributed by atoms with van der Waals surface area (Å²) in [6.07, 6.45) is 2.17. The van der Waals surface area contributed by atoms with Gasteiger partial charge in [0.25, 0.3) is 0 Å². The molecule has 0 radical (unpaired) electrons. The van der Waals surface area contributed by atoms with Crippen molar-refractivity contribution < 1.29 is 17.9 Å². The third-order valence-corrected chi connectivity index (χ3v) is 5.54. The molecule has 0 aromatic heterocycles. The summed E-state index contributed by atoms with van der Waals surface area (Å²) in [6.45, 7) is 1.82. The molecule has 1 aromatic rings. The van der Waals surface area contributed by atoms with Gasteiger partial charge in [-0.25, -0.2) is 0 Å². The van der Waals surface area contributed by atoms with Crippen molar-refractivity contribution in [2.24, 2.45) is 0 Å². The number of halogens is 3.